The van der Waals surface area contributed by atoms with Crippen molar-refractivity contribution in [3.8, 4) is 0 Å². The van der Waals surface area contributed by atoms with Gasteiger partial charge in [0, 0.05) is 38.4 Å². The lowest BCUT2D eigenvalue weighted by atomic mass is 10.1. The van der Waals surface area contributed by atoms with Gasteiger partial charge in [0.1, 0.15) is 0 Å². The van der Waals surface area contributed by atoms with Crippen molar-refractivity contribution in [1.82, 2.24) is 9.62 Å². The third-order valence-corrected chi connectivity index (χ3v) is 7.18. The van der Waals surface area contributed by atoms with Crippen LogP contribution in [0.15, 0.2) is 47.4 Å². The van der Waals surface area contributed by atoms with E-state index in [-0.39, 0.29) is 0 Å². The Labute approximate surface area is 175 Å². The second-order valence-electron chi connectivity index (χ2n) is 8.02. The second kappa shape index (κ2) is 9.74. The van der Waals surface area contributed by atoms with Gasteiger partial charge in [-0.25, -0.2) is 13.1 Å². The molecule has 6 heteroatoms. The number of unbranched alkanes of at least 4 members (excludes halogenated alkanes) is 1. The van der Waals surface area contributed by atoms with Gasteiger partial charge in [0.25, 0.3) is 0 Å². The third-order valence-electron chi connectivity index (χ3n) is 5.72. The van der Waals surface area contributed by atoms with Gasteiger partial charge in [0.05, 0.1) is 4.90 Å². The SMILES string of the molecule is Cc1cccc(N2CCN(CCCCNS(=O)(=O)c3ccc(C)c(C)c3)CC2)c1. The maximum absolute atomic E-state index is 12.4. The molecule has 0 saturated carbocycles. The predicted octanol–water partition coefficient (Wildman–Crippen LogP) is 3.49. The highest BCUT2D eigenvalue weighted by molar-refractivity contribution is 7.89. The highest BCUT2D eigenvalue weighted by Gasteiger charge is 2.17. The summed E-state index contributed by atoms with van der Waals surface area (Å²) in [4.78, 5) is 5.28. The van der Waals surface area contributed by atoms with Gasteiger partial charge in [-0.1, -0.05) is 18.2 Å². The van der Waals surface area contributed by atoms with Crippen molar-refractivity contribution in [1.29, 1.82) is 0 Å². The number of hydrogen-bond donors (Lipinski definition) is 1. The molecule has 1 N–H and O–H groups in total. The Morgan fingerprint density at radius 3 is 2.34 bits per heavy atom. The zero-order valence-electron chi connectivity index (χ0n) is 17.8. The molecule has 0 aromatic heterocycles. The summed E-state index contributed by atoms with van der Waals surface area (Å²) in [5.41, 5.74) is 4.71. The molecule has 158 valence electrons. The van der Waals surface area contributed by atoms with E-state index in [1.54, 1.807) is 12.1 Å². The third kappa shape index (κ3) is 6.04. The minimum Gasteiger partial charge on any atom is -0.369 e. The molecule has 2 aromatic carbocycles. The standard InChI is InChI=1S/C23H33N3O2S/c1-19-7-6-8-22(17-19)26-15-13-25(14-16-26)12-5-4-11-24-29(27,28)23-10-9-20(2)21(3)18-23/h6-10,17-18,24H,4-5,11-16H2,1-3H3. The molecule has 1 fully saturated rings. The van der Waals surface area contributed by atoms with E-state index in [1.807, 2.05) is 19.9 Å². The molecule has 5 nitrogen and oxygen atoms in total. The van der Waals surface area contributed by atoms with Crippen LogP contribution in [0.25, 0.3) is 0 Å². The summed E-state index contributed by atoms with van der Waals surface area (Å²) in [5, 5.41) is 0. The van der Waals surface area contributed by atoms with Crippen LogP contribution in [-0.4, -0.2) is 52.6 Å². The van der Waals surface area contributed by atoms with Gasteiger partial charge in [-0.3, -0.25) is 4.90 Å². The Hall–Kier alpha value is -1.89. The van der Waals surface area contributed by atoms with Gasteiger partial charge in [-0.05, 0) is 81.1 Å². The van der Waals surface area contributed by atoms with E-state index in [1.165, 1.54) is 11.3 Å². The van der Waals surface area contributed by atoms with Crippen LogP contribution < -0.4 is 9.62 Å². The Balaban J connectivity index is 1.36. The minimum absolute atomic E-state index is 0.355. The van der Waals surface area contributed by atoms with Crippen LogP contribution in [0, 0.1) is 20.8 Å². The van der Waals surface area contributed by atoms with Gasteiger partial charge in [-0.15, -0.1) is 0 Å². The summed E-state index contributed by atoms with van der Waals surface area (Å²) in [7, 11) is -3.42. The quantitative estimate of drug-likeness (QED) is 0.671. The fourth-order valence-corrected chi connectivity index (χ4v) is 4.84. The van der Waals surface area contributed by atoms with Gasteiger partial charge < -0.3 is 4.90 Å². The number of anilines is 1. The Morgan fingerprint density at radius 2 is 1.66 bits per heavy atom. The van der Waals surface area contributed by atoms with Crippen molar-refractivity contribution in [2.75, 3.05) is 44.2 Å². The molecular formula is C23H33N3O2S. The Bertz CT molecular complexity index is 919. The number of nitrogens with one attached hydrogen (secondary N) is 1. The van der Waals surface area contributed by atoms with Crippen molar-refractivity contribution in [2.45, 2.75) is 38.5 Å². The zero-order valence-corrected chi connectivity index (χ0v) is 18.6. The van der Waals surface area contributed by atoms with Crippen molar-refractivity contribution in [3.63, 3.8) is 0 Å². The van der Waals surface area contributed by atoms with Crippen LogP contribution in [0.5, 0.6) is 0 Å². The fraction of sp³-hybridized carbons (Fsp3) is 0.478. The minimum atomic E-state index is -3.42. The smallest absolute Gasteiger partial charge is 0.240 e. The topological polar surface area (TPSA) is 52.6 Å². The van der Waals surface area contributed by atoms with E-state index < -0.39 is 10.0 Å². The van der Waals surface area contributed by atoms with Crippen molar-refractivity contribution >= 4 is 15.7 Å². The van der Waals surface area contributed by atoms with Crippen LogP contribution in [-0.2, 0) is 10.0 Å². The molecule has 0 unspecified atom stereocenters. The summed E-state index contributed by atoms with van der Waals surface area (Å²) in [6.45, 7) is 11.8. The molecule has 0 amide bonds. The van der Waals surface area contributed by atoms with Crippen molar-refractivity contribution in [2.24, 2.45) is 0 Å². The van der Waals surface area contributed by atoms with Crippen LogP contribution in [0.1, 0.15) is 29.5 Å². The highest BCUT2D eigenvalue weighted by atomic mass is 32.2. The van der Waals surface area contributed by atoms with Crippen LogP contribution in [0.4, 0.5) is 5.69 Å². The molecule has 2 aromatic rings. The fourth-order valence-electron chi connectivity index (χ4n) is 3.69. The molecule has 1 saturated heterocycles. The van der Waals surface area contributed by atoms with Crippen molar-refractivity contribution in [3.05, 3.63) is 59.2 Å². The Morgan fingerprint density at radius 1 is 0.897 bits per heavy atom. The molecule has 0 atom stereocenters. The highest BCUT2D eigenvalue weighted by Crippen LogP contribution is 2.18. The van der Waals surface area contributed by atoms with E-state index in [4.69, 9.17) is 0 Å². The maximum Gasteiger partial charge on any atom is 0.240 e. The largest absolute Gasteiger partial charge is 0.369 e. The first-order chi connectivity index (χ1) is 13.8. The molecule has 29 heavy (non-hydrogen) atoms. The van der Waals surface area contributed by atoms with Gasteiger partial charge >= 0.3 is 0 Å². The summed E-state index contributed by atoms with van der Waals surface area (Å²) in [5.74, 6) is 0. The van der Waals surface area contributed by atoms with Gasteiger partial charge in [0.15, 0.2) is 0 Å². The van der Waals surface area contributed by atoms with E-state index in [2.05, 4.69) is 45.7 Å². The molecule has 1 aliphatic rings. The first kappa shape index (κ1) is 21.8. The molecule has 0 radical (unpaired) electrons. The maximum atomic E-state index is 12.4. The van der Waals surface area contributed by atoms with E-state index in [0.29, 0.717) is 11.4 Å². The number of hydrogen-bond acceptors (Lipinski definition) is 4. The zero-order chi connectivity index (χ0) is 20.9. The lowest BCUT2D eigenvalue weighted by Crippen LogP contribution is -2.46. The number of benzene rings is 2. The summed E-state index contributed by atoms with van der Waals surface area (Å²) >= 11 is 0. The number of sulfonamides is 1. The van der Waals surface area contributed by atoms with Gasteiger partial charge in [0.2, 0.25) is 10.0 Å². The number of rotatable bonds is 8. The summed E-state index contributed by atoms with van der Waals surface area (Å²) in [6, 6.07) is 14.0. The average molecular weight is 416 g/mol. The molecule has 0 aliphatic carbocycles. The molecule has 3 rings (SSSR count). The molecule has 1 aliphatic heterocycles. The van der Waals surface area contributed by atoms with Crippen LogP contribution in [0.2, 0.25) is 0 Å². The van der Waals surface area contributed by atoms with Crippen molar-refractivity contribution < 1.29 is 8.42 Å². The van der Waals surface area contributed by atoms with E-state index in [9.17, 15) is 8.42 Å². The average Bonchev–Trinajstić information content (AvgIpc) is 2.70. The van der Waals surface area contributed by atoms with Crippen LogP contribution >= 0.6 is 0 Å². The van der Waals surface area contributed by atoms with E-state index in [0.717, 1.165) is 56.7 Å². The Kier molecular flexibility index (Phi) is 7.33. The monoisotopic (exact) mass is 415 g/mol. The van der Waals surface area contributed by atoms with E-state index >= 15 is 0 Å². The molecule has 0 bridgehead atoms. The first-order valence-corrected chi connectivity index (χ1v) is 11.9. The molecule has 0 spiro atoms. The van der Waals surface area contributed by atoms with Crippen LogP contribution in [0.3, 0.4) is 0 Å². The normalized spacial score (nSPS) is 15.6. The lowest BCUT2D eigenvalue weighted by molar-refractivity contribution is 0.253. The summed E-state index contributed by atoms with van der Waals surface area (Å²) in [6.07, 6.45) is 1.85. The van der Waals surface area contributed by atoms with Gasteiger partial charge in [-0.2, -0.15) is 0 Å². The molecule has 1 heterocycles. The first-order valence-electron chi connectivity index (χ1n) is 10.5. The molecular weight excluding hydrogens is 382 g/mol. The number of piperazine rings is 1. The lowest BCUT2D eigenvalue weighted by Gasteiger charge is -2.36. The second-order valence-corrected chi connectivity index (χ2v) is 9.79. The summed E-state index contributed by atoms with van der Waals surface area (Å²) < 4.78 is 27.6. The predicted molar refractivity (Wildman–Crippen MR) is 120 cm³/mol. The number of aryl methyl sites for hydroxylation is 3. The number of nitrogens with zero attached hydrogens (tertiary/aromatic N) is 2.